The lowest BCUT2D eigenvalue weighted by Gasteiger charge is -2.33. The maximum Gasteiger partial charge on any atom is 0.410 e. The Morgan fingerprint density at radius 3 is 2.58 bits per heavy atom. The van der Waals surface area contributed by atoms with Crippen molar-refractivity contribution in [1.29, 1.82) is 0 Å². The topological polar surface area (TPSA) is 106 Å². The second-order valence-electron chi connectivity index (χ2n) is 9.96. The van der Waals surface area contributed by atoms with Crippen molar-refractivity contribution in [2.24, 2.45) is 5.92 Å². The summed E-state index contributed by atoms with van der Waals surface area (Å²) in [4.78, 5) is 18.6. The van der Waals surface area contributed by atoms with Gasteiger partial charge in [-0.15, -0.1) is 0 Å². The van der Waals surface area contributed by atoms with E-state index in [2.05, 4.69) is 10.1 Å². The molecule has 0 saturated carbocycles. The predicted octanol–water partition coefficient (Wildman–Crippen LogP) is 3.24. The van der Waals surface area contributed by atoms with Gasteiger partial charge in [0.25, 0.3) is 0 Å². The highest BCUT2D eigenvalue weighted by atomic mass is 32.2. The fourth-order valence-electron chi connectivity index (χ4n) is 4.30. The average molecular weight is 477 g/mol. The average Bonchev–Trinajstić information content (AvgIpc) is 3.20. The van der Waals surface area contributed by atoms with E-state index in [9.17, 15) is 13.2 Å². The molecule has 0 spiro atoms. The second kappa shape index (κ2) is 9.06. The first-order valence-electron chi connectivity index (χ1n) is 11.4. The minimum absolute atomic E-state index is 0.256. The number of rotatable bonds is 4. The van der Waals surface area contributed by atoms with E-state index in [1.807, 2.05) is 39.0 Å². The minimum Gasteiger partial charge on any atom is -0.444 e. The molecule has 0 unspecified atom stereocenters. The van der Waals surface area contributed by atoms with Gasteiger partial charge >= 0.3 is 6.09 Å². The number of hydrogen-bond donors (Lipinski definition) is 0. The highest BCUT2D eigenvalue weighted by molar-refractivity contribution is 7.88. The number of carbonyl (C=O) groups excluding carboxylic acids is 1. The number of piperidine rings is 1. The minimum atomic E-state index is -3.19. The predicted molar refractivity (Wildman–Crippen MR) is 123 cm³/mol. The van der Waals surface area contributed by atoms with E-state index in [1.54, 1.807) is 4.90 Å². The maximum absolute atomic E-state index is 12.2. The number of likely N-dealkylation sites (tertiary alicyclic amines) is 1. The summed E-state index contributed by atoms with van der Waals surface area (Å²) in [7, 11) is -3.19. The standard InChI is InChI=1S/C23H32N4O5S/c1-23(2,3)31-22(28)26-10-7-16(8-11-26)13-20-24-21(25-32-20)18-5-6-19-15-27(33(4,29)30)12-9-17(19)14-18/h5-6,14,16H,7-13,15H2,1-4H3. The van der Waals surface area contributed by atoms with Crippen LogP contribution in [0.15, 0.2) is 22.7 Å². The smallest absolute Gasteiger partial charge is 0.410 e. The SMILES string of the molecule is CC(C)(C)OC(=O)N1CCC(Cc2nc(-c3ccc4c(c3)CCN(S(C)(=O)=O)C4)no2)CC1. The highest BCUT2D eigenvalue weighted by Gasteiger charge is 2.28. The summed E-state index contributed by atoms with van der Waals surface area (Å²) >= 11 is 0. The van der Waals surface area contributed by atoms with Gasteiger partial charge in [-0.05, 0) is 63.1 Å². The van der Waals surface area contributed by atoms with Gasteiger partial charge in [0.2, 0.25) is 21.7 Å². The van der Waals surface area contributed by atoms with Crippen molar-refractivity contribution in [2.75, 3.05) is 25.9 Å². The first-order valence-corrected chi connectivity index (χ1v) is 13.2. The quantitative estimate of drug-likeness (QED) is 0.667. The molecule has 2 aliphatic heterocycles. The number of hydrogen-bond acceptors (Lipinski definition) is 7. The van der Waals surface area contributed by atoms with Gasteiger partial charge in [-0.25, -0.2) is 13.2 Å². The van der Waals surface area contributed by atoms with E-state index >= 15 is 0 Å². The lowest BCUT2D eigenvalue weighted by molar-refractivity contribution is 0.0182. The number of carbonyl (C=O) groups is 1. The fraction of sp³-hybridized carbons (Fsp3) is 0.609. The van der Waals surface area contributed by atoms with Crippen LogP contribution < -0.4 is 0 Å². The number of ether oxygens (including phenoxy) is 1. The van der Waals surface area contributed by atoms with Gasteiger partial charge in [-0.2, -0.15) is 9.29 Å². The molecule has 10 heteroatoms. The van der Waals surface area contributed by atoms with E-state index in [0.29, 0.717) is 56.7 Å². The largest absolute Gasteiger partial charge is 0.444 e. The van der Waals surface area contributed by atoms with Crippen LogP contribution in [0.4, 0.5) is 4.79 Å². The zero-order valence-electron chi connectivity index (χ0n) is 19.7. The molecule has 0 bridgehead atoms. The molecule has 9 nitrogen and oxygen atoms in total. The van der Waals surface area contributed by atoms with E-state index in [0.717, 1.165) is 29.5 Å². The third-order valence-corrected chi connectivity index (χ3v) is 7.36. The van der Waals surface area contributed by atoms with Crippen molar-refractivity contribution in [1.82, 2.24) is 19.3 Å². The van der Waals surface area contributed by atoms with E-state index in [-0.39, 0.29) is 6.09 Å². The molecule has 33 heavy (non-hydrogen) atoms. The van der Waals surface area contributed by atoms with Gasteiger partial charge in [0.1, 0.15) is 5.60 Å². The fourth-order valence-corrected chi connectivity index (χ4v) is 5.09. The molecule has 0 N–H and O–H groups in total. The molecule has 2 aromatic rings. The summed E-state index contributed by atoms with van der Waals surface area (Å²) in [5, 5.41) is 4.16. The molecule has 3 heterocycles. The number of nitrogens with zero attached hydrogens (tertiary/aromatic N) is 4. The summed E-state index contributed by atoms with van der Waals surface area (Å²) in [6.45, 7) is 7.82. The van der Waals surface area contributed by atoms with Crippen molar-refractivity contribution in [3.05, 3.63) is 35.2 Å². The number of fused-ring (bicyclic) bond motifs is 1. The molecule has 0 atom stereocenters. The molecule has 1 fully saturated rings. The molecule has 0 aliphatic carbocycles. The Morgan fingerprint density at radius 2 is 1.91 bits per heavy atom. The van der Waals surface area contributed by atoms with Gasteiger partial charge in [0, 0.05) is 38.2 Å². The Morgan fingerprint density at radius 1 is 1.18 bits per heavy atom. The van der Waals surface area contributed by atoms with Gasteiger partial charge in [-0.1, -0.05) is 17.3 Å². The molecule has 1 aromatic carbocycles. The van der Waals surface area contributed by atoms with Gasteiger partial charge < -0.3 is 14.2 Å². The number of benzene rings is 1. The third-order valence-electron chi connectivity index (χ3n) is 6.11. The molecular formula is C23H32N4O5S. The Labute approximate surface area is 195 Å². The van der Waals surface area contributed by atoms with E-state index in [1.165, 1.54) is 10.6 Å². The molecule has 0 radical (unpaired) electrons. The van der Waals surface area contributed by atoms with Crippen molar-refractivity contribution in [3.63, 3.8) is 0 Å². The van der Waals surface area contributed by atoms with E-state index < -0.39 is 15.6 Å². The van der Waals surface area contributed by atoms with Crippen molar-refractivity contribution >= 4 is 16.1 Å². The number of amides is 1. The van der Waals surface area contributed by atoms with Gasteiger partial charge in [0.05, 0.1) is 6.26 Å². The van der Waals surface area contributed by atoms with Crippen LogP contribution in [-0.4, -0.2) is 65.3 Å². The molecule has 1 amide bonds. The van der Waals surface area contributed by atoms with Crippen LogP contribution in [0.2, 0.25) is 0 Å². The number of aromatic nitrogens is 2. The van der Waals surface area contributed by atoms with Crippen molar-refractivity contribution < 1.29 is 22.5 Å². The first kappa shape index (κ1) is 23.7. The highest BCUT2D eigenvalue weighted by Crippen LogP contribution is 2.27. The zero-order chi connectivity index (χ0) is 23.8. The molecule has 4 rings (SSSR count). The summed E-state index contributed by atoms with van der Waals surface area (Å²) in [6.07, 6.45) is 4.07. The Kier molecular flexibility index (Phi) is 6.50. The zero-order valence-corrected chi connectivity index (χ0v) is 20.5. The molecule has 180 valence electrons. The molecule has 1 aromatic heterocycles. The van der Waals surface area contributed by atoms with E-state index in [4.69, 9.17) is 9.26 Å². The molecule has 1 saturated heterocycles. The summed E-state index contributed by atoms with van der Waals surface area (Å²) in [6, 6.07) is 5.89. The Hall–Kier alpha value is -2.46. The monoisotopic (exact) mass is 476 g/mol. The van der Waals surface area contributed by atoms with Crippen molar-refractivity contribution in [3.8, 4) is 11.4 Å². The van der Waals surface area contributed by atoms with Crippen LogP contribution in [0, 0.1) is 5.92 Å². The van der Waals surface area contributed by atoms with Crippen LogP contribution >= 0.6 is 0 Å². The molecular weight excluding hydrogens is 444 g/mol. The Balaban J connectivity index is 1.34. The van der Waals surface area contributed by atoms with Gasteiger partial charge in [0.15, 0.2) is 0 Å². The number of sulfonamides is 1. The van der Waals surface area contributed by atoms with Crippen LogP contribution in [0.5, 0.6) is 0 Å². The normalized spacial score (nSPS) is 18.2. The van der Waals surface area contributed by atoms with Crippen molar-refractivity contribution in [2.45, 2.75) is 58.6 Å². The Bertz CT molecular complexity index is 1110. The molecule has 2 aliphatic rings. The lowest BCUT2D eigenvalue weighted by Crippen LogP contribution is -2.42. The maximum atomic E-state index is 12.2. The third kappa shape index (κ3) is 5.92. The van der Waals surface area contributed by atoms with Crippen LogP contribution in [0.1, 0.15) is 50.6 Å². The summed E-state index contributed by atoms with van der Waals surface area (Å²) in [5.41, 5.74) is 2.51. The first-order chi connectivity index (χ1) is 15.5. The van der Waals surface area contributed by atoms with Crippen LogP contribution in [0.3, 0.4) is 0 Å². The lowest BCUT2D eigenvalue weighted by atomic mass is 9.94. The summed E-state index contributed by atoms with van der Waals surface area (Å²) in [5.74, 6) is 1.52. The van der Waals surface area contributed by atoms with Gasteiger partial charge in [-0.3, -0.25) is 0 Å². The van der Waals surface area contributed by atoms with Crippen LogP contribution in [0.25, 0.3) is 11.4 Å². The van der Waals surface area contributed by atoms with Crippen LogP contribution in [-0.2, 0) is 34.1 Å². The second-order valence-corrected chi connectivity index (χ2v) is 11.9. The summed E-state index contributed by atoms with van der Waals surface area (Å²) < 4.78 is 36.1.